The van der Waals surface area contributed by atoms with Crippen LogP contribution in [-0.2, 0) is 19.1 Å². The molecule has 4 saturated carbocycles. The van der Waals surface area contributed by atoms with E-state index in [0.29, 0.717) is 0 Å². The second-order valence-corrected chi connectivity index (χ2v) is 8.93. The van der Waals surface area contributed by atoms with Gasteiger partial charge in [0, 0.05) is 36.6 Å². The molecule has 0 aromatic carbocycles. The molecule has 0 spiro atoms. The zero-order valence-electron chi connectivity index (χ0n) is 15.5. The summed E-state index contributed by atoms with van der Waals surface area (Å²) in [5.74, 6) is 1.62. The minimum absolute atomic E-state index is 0.0341. The molecule has 26 heavy (non-hydrogen) atoms. The summed E-state index contributed by atoms with van der Waals surface area (Å²) in [6.45, 7) is 2.42. The molecule has 7 nitrogen and oxygen atoms in total. The van der Waals surface area contributed by atoms with Gasteiger partial charge >= 0.3 is 0 Å². The number of aromatic nitrogens is 5. The molecule has 2 atom stereocenters. The summed E-state index contributed by atoms with van der Waals surface area (Å²) in [5.41, 5.74) is 2.14. The van der Waals surface area contributed by atoms with Crippen LogP contribution in [-0.4, -0.2) is 36.1 Å². The Bertz CT molecular complexity index is 824. The van der Waals surface area contributed by atoms with Crippen molar-refractivity contribution in [2.45, 2.75) is 63.1 Å². The molecular weight excluding hydrogens is 328 g/mol. The minimum Gasteiger partial charge on any atom is -0.353 e. The molecule has 6 rings (SSSR count). The van der Waals surface area contributed by atoms with Crippen molar-refractivity contribution in [2.75, 3.05) is 0 Å². The number of ketones is 1. The largest absolute Gasteiger partial charge is 0.353 e. The fraction of sp³-hybridized carbons (Fsp3) is 0.684. The van der Waals surface area contributed by atoms with Crippen LogP contribution in [0, 0.1) is 11.8 Å². The van der Waals surface area contributed by atoms with E-state index in [1.165, 1.54) is 37.8 Å². The number of nitrogens with zero attached hydrogens (tertiary/aromatic N) is 5. The molecule has 2 aromatic rings. The van der Waals surface area contributed by atoms with E-state index in [2.05, 4.69) is 25.3 Å². The second kappa shape index (κ2) is 5.49. The Kier molecular flexibility index (Phi) is 3.41. The molecule has 4 bridgehead atoms. The highest BCUT2D eigenvalue weighted by atomic mass is 16.1. The number of carbonyl (C=O) groups is 1. The Morgan fingerprint density at radius 2 is 2.08 bits per heavy atom. The highest BCUT2D eigenvalue weighted by Gasteiger charge is 2.59. The Hall–Kier alpha value is -2.02. The maximum absolute atomic E-state index is 11.7. The van der Waals surface area contributed by atoms with E-state index < -0.39 is 0 Å². The summed E-state index contributed by atoms with van der Waals surface area (Å²) < 4.78 is 2.07. The average molecular weight is 354 g/mol. The minimum atomic E-state index is 0.0341. The Balaban J connectivity index is 1.40. The molecule has 4 aliphatic carbocycles. The third-order valence-corrected chi connectivity index (χ3v) is 6.96. The monoisotopic (exact) mass is 354 g/mol. The van der Waals surface area contributed by atoms with Crippen molar-refractivity contribution in [3.63, 3.8) is 0 Å². The lowest BCUT2D eigenvalue weighted by molar-refractivity contribution is -0.0855. The Labute approximate surface area is 153 Å². The predicted octanol–water partition coefficient (Wildman–Crippen LogP) is 2.05. The van der Waals surface area contributed by atoms with Crippen LogP contribution >= 0.6 is 0 Å². The quantitative estimate of drug-likeness (QED) is 0.832. The number of aryl methyl sites for hydroxylation is 1. The van der Waals surface area contributed by atoms with Gasteiger partial charge in [-0.3, -0.25) is 4.79 Å². The van der Waals surface area contributed by atoms with E-state index in [1.807, 2.05) is 24.1 Å². The molecule has 0 aliphatic heterocycles. The van der Waals surface area contributed by atoms with Crippen LogP contribution in [0.25, 0.3) is 0 Å². The first-order valence-electron chi connectivity index (χ1n) is 9.62. The van der Waals surface area contributed by atoms with E-state index in [1.54, 1.807) is 13.3 Å². The van der Waals surface area contributed by atoms with Crippen molar-refractivity contribution in [1.82, 2.24) is 30.1 Å². The first-order chi connectivity index (χ1) is 12.5. The first-order valence-corrected chi connectivity index (χ1v) is 9.62. The smallest absolute Gasteiger partial charge is 0.162 e. The number of nitrogens with one attached hydrogen (secondary N) is 1. The first kappa shape index (κ1) is 16.2. The summed E-state index contributed by atoms with van der Waals surface area (Å²) in [7, 11) is 2.02. The van der Waals surface area contributed by atoms with Crippen LogP contribution in [0.4, 0.5) is 0 Å². The van der Waals surface area contributed by atoms with Gasteiger partial charge in [-0.15, -0.1) is 10.2 Å². The van der Waals surface area contributed by atoms with Crippen molar-refractivity contribution in [3.05, 3.63) is 29.8 Å². The maximum Gasteiger partial charge on any atom is 0.162 e. The van der Waals surface area contributed by atoms with Gasteiger partial charge in [-0.25, -0.2) is 0 Å². The summed E-state index contributed by atoms with van der Waals surface area (Å²) in [5, 5.41) is 16.6. The standard InChI is InChI=1S/C19H26N6O/c1-13(26)16-4-17(24(2)10-16)9-20-18-5-14-3-15(6-18)8-19(7-14,11-18)25-22-12-21-23-25/h4,10,12,14-15,20H,3,5-9,11H2,1-2H3. The molecule has 2 aromatic heterocycles. The van der Waals surface area contributed by atoms with E-state index in [9.17, 15) is 4.79 Å². The molecule has 4 fully saturated rings. The molecule has 2 heterocycles. The molecule has 1 N–H and O–H groups in total. The zero-order chi connectivity index (χ0) is 17.9. The summed E-state index contributed by atoms with van der Waals surface area (Å²) >= 11 is 0. The molecule has 0 radical (unpaired) electrons. The van der Waals surface area contributed by atoms with Gasteiger partial charge in [-0.05, 0) is 68.6 Å². The van der Waals surface area contributed by atoms with Crippen molar-refractivity contribution < 1.29 is 4.79 Å². The van der Waals surface area contributed by atoms with Crippen molar-refractivity contribution in [2.24, 2.45) is 18.9 Å². The van der Waals surface area contributed by atoms with Gasteiger partial charge < -0.3 is 9.88 Å². The Morgan fingerprint density at radius 1 is 1.31 bits per heavy atom. The van der Waals surface area contributed by atoms with Gasteiger partial charge in [0.2, 0.25) is 0 Å². The number of Topliss-reactive ketones (excluding diaryl/α,β-unsaturated/α-hetero) is 1. The lowest BCUT2D eigenvalue weighted by Gasteiger charge is -2.61. The molecule has 2 unspecified atom stereocenters. The van der Waals surface area contributed by atoms with Crippen molar-refractivity contribution >= 4 is 5.78 Å². The van der Waals surface area contributed by atoms with Crippen molar-refractivity contribution in [1.29, 1.82) is 0 Å². The van der Waals surface area contributed by atoms with E-state index in [0.717, 1.165) is 30.4 Å². The van der Waals surface area contributed by atoms with Gasteiger partial charge in [0.15, 0.2) is 12.1 Å². The number of hydrogen-bond donors (Lipinski definition) is 1. The van der Waals surface area contributed by atoms with Gasteiger partial charge in [0.1, 0.15) is 0 Å². The number of tetrazole rings is 1. The molecule has 0 amide bonds. The number of hydrogen-bond acceptors (Lipinski definition) is 5. The highest BCUT2D eigenvalue weighted by Crippen LogP contribution is 2.60. The van der Waals surface area contributed by atoms with Crippen LogP contribution in [0.3, 0.4) is 0 Å². The van der Waals surface area contributed by atoms with Crippen LogP contribution in [0.15, 0.2) is 18.6 Å². The maximum atomic E-state index is 11.7. The number of rotatable bonds is 5. The van der Waals surface area contributed by atoms with Crippen LogP contribution < -0.4 is 5.32 Å². The molecule has 0 saturated heterocycles. The number of carbonyl (C=O) groups excluding carboxylic acids is 1. The summed E-state index contributed by atoms with van der Waals surface area (Å²) in [6.07, 6.45) is 10.8. The molecule has 7 heteroatoms. The zero-order valence-corrected chi connectivity index (χ0v) is 15.5. The van der Waals surface area contributed by atoms with Crippen LogP contribution in [0.1, 0.15) is 61.5 Å². The van der Waals surface area contributed by atoms with Crippen LogP contribution in [0.2, 0.25) is 0 Å². The highest BCUT2D eigenvalue weighted by molar-refractivity contribution is 5.94. The third kappa shape index (κ3) is 2.44. The van der Waals surface area contributed by atoms with Gasteiger partial charge in [0.05, 0.1) is 5.54 Å². The lowest BCUT2D eigenvalue weighted by Crippen LogP contribution is -2.65. The van der Waals surface area contributed by atoms with Gasteiger partial charge in [0.25, 0.3) is 0 Å². The normalized spacial score (nSPS) is 35.2. The van der Waals surface area contributed by atoms with E-state index in [4.69, 9.17) is 0 Å². The molecule has 4 aliphatic rings. The van der Waals surface area contributed by atoms with Gasteiger partial charge in [-0.1, -0.05) is 0 Å². The van der Waals surface area contributed by atoms with Crippen LogP contribution in [0.5, 0.6) is 0 Å². The summed E-state index contributed by atoms with van der Waals surface area (Å²) in [4.78, 5) is 13.6. The SMILES string of the molecule is CC(=O)c1cc(CNC23CC4CC(C2)CC(n2ncnn2)(C4)C3)n(C)c1. The summed E-state index contributed by atoms with van der Waals surface area (Å²) in [6, 6.07) is 2.02. The van der Waals surface area contributed by atoms with E-state index in [-0.39, 0.29) is 16.9 Å². The van der Waals surface area contributed by atoms with Crippen molar-refractivity contribution in [3.8, 4) is 0 Å². The Morgan fingerprint density at radius 3 is 2.69 bits per heavy atom. The third-order valence-electron chi connectivity index (χ3n) is 6.96. The van der Waals surface area contributed by atoms with Gasteiger partial charge in [-0.2, -0.15) is 4.80 Å². The lowest BCUT2D eigenvalue weighted by atomic mass is 9.50. The fourth-order valence-corrected chi connectivity index (χ4v) is 6.30. The molecule has 138 valence electrons. The predicted molar refractivity (Wildman–Crippen MR) is 95.5 cm³/mol. The average Bonchev–Trinajstić information content (AvgIpc) is 3.22. The molecular formula is C19H26N6O. The topological polar surface area (TPSA) is 77.6 Å². The second-order valence-electron chi connectivity index (χ2n) is 8.93. The van der Waals surface area contributed by atoms with E-state index >= 15 is 0 Å². The fourth-order valence-electron chi connectivity index (χ4n) is 6.30.